The number of methoxy groups -OCH3 is 1. The van der Waals surface area contributed by atoms with E-state index in [4.69, 9.17) is 9.47 Å². The second-order valence-electron chi connectivity index (χ2n) is 6.73. The monoisotopic (exact) mass is 398 g/mol. The predicted octanol–water partition coefficient (Wildman–Crippen LogP) is 3.50. The standard InChI is InChI=1S/C23H30N2O4/c1-5-19-8-6-7-17(2)23(19)25(18(3)26)15-13-22(27)24-14-16-29-21-11-9-20(28-4)10-12-21/h6-12H,5,13-16H2,1-4H3,(H,24,27). The third kappa shape index (κ3) is 6.52. The molecule has 0 aliphatic heterocycles. The Kier molecular flexibility index (Phi) is 8.52. The minimum Gasteiger partial charge on any atom is -0.497 e. The van der Waals surface area contributed by atoms with Crippen LogP contribution in [0.5, 0.6) is 11.5 Å². The molecule has 0 atom stereocenters. The van der Waals surface area contributed by atoms with E-state index >= 15 is 0 Å². The number of rotatable bonds is 10. The van der Waals surface area contributed by atoms with Crippen molar-refractivity contribution in [1.82, 2.24) is 5.32 Å². The van der Waals surface area contributed by atoms with E-state index in [1.807, 2.05) is 49.4 Å². The van der Waals surface area contributed by atoms with E-state index in [-0.39, 0.29) is 18.2 Å². The van der Waals surface area contributed by atoms with Crippen LogP contribution in [0.3, 0.4) is 0 Å². The Labute approximate surface area is 172 Å². The van der Waals surface area contributed by atoms with Gasteiger partial charge >= 0.3 is 0 Å². The van der Waals surface area contributed by atoms with E-state index in [1.165, 1.54) is 6.92 Å². The molecule has 0 saturated heterocycles. The summed E-state index contributed by atoms with van der Waals surface area (Å²) in [6, 6.07) is 13.3. The van der Waals surface area contributed by atoms with Gasteiger partial charge in [0.25, 0.3) is 0 Å². The van der Waals surface area contributed by atoms with Crippen molar-refractivity contribution < 1.29 is 19.1 Å². The van der Waals surface area contributed by atoms with Crippen molar-refractivity contribution in [3.8, 4) is 11.5 Å². The molecule has 29 heavy (non-hydrogen) atoms. The fourth-order valence-electron chi connectivity index (χ4n) is 3.15. The average molecular weight is 399 g/mol. The first-order chi connectivity index (χ1) is 14.0. The van der Waals surface area contributed by atoms with Gasteiger partial charge in [-0.1, -0.05) is 25.1 Å². The Hall–Kier alpha value is -3.02. The van der Waals surface area contributed by atoms with Gasteiger partial charge in [0.1, 0.15) is 18.1 Å². The van der Waals surface area contributed by atoms with Crippen molar-refractivity contribution in [2.75, 3.05) is 31.7 Å². The van der Waals surface area contributed by atoms with Gasteiger partial charge in [0.05, 0.1) is 13.7 Å². The maximum absolute atomic E-state index is 12.2. The molecule has 156 valence electrons. The molecule has 0 bridgehead atoms. The number of anilines is 1. The summed E-state index contributed by atoms with van der Waals surface area (Å²) in [5.41, 5.74) is 3.06. The van der Waals surface area contributed by atoms with E-state index in [0.717, 1.165) is 34.7 Å². The summed E-state index contributed by atoms with van der Waals surface area (Å²) in [4.78, 5) is 26.1. The van der Waals surface area contributed by atoms with Crippen molar-refractivity contribution in [1.29, 1.82) is 0 Å². The number of aryl methyl sites for hydroxylation is 2. The van der Waals surface area contributed by atoms with Crippen LogP contribution in [0, 0.1) is 6.92 Å². The smallest absolute Gasteiger partial charge is 0.223 e. The molecule has 2 rings (SSSR count). The largest absolute Gasteiger partial charge is 0.497 e. The molecule has 2 amide bonds. The van der Waals surface area contributed by atoms with Gasteiger partial charge in [0, 0.05) is 25.6 Å². The number of carbonyl (C=O) groups is 2. The Balaban J connectivity index is 1.82. The second-order valence-corrected chi connectivity index (χ2v) is 6.73. The Morgan fingerprint density at radius 1 is 1.07 bits per heavy atom. The molecule has 0 heterocycles. The van der Waals surface area contributed by atoms with Crippen LogP contribution < -0.4 is 19.7 Å². The van der Waals surface area contributed by atoms with Crippen LogP contribution in [-0.2, 0) is 16.0 Å². The minimum absolute atomic E-state index is 0.0651. The van der Waals surface area contributed by atoms with Crippen LogP contribution in [-0.4, -0.2) is 38.6 Å². The maximum atomic E-state index is 12.2. The lowest BCUT2D eigenvalue weighted by molar-refractivity contribution is -0.121. The molecule has 1 N–H and O–H groups in total. The number of hydrogen-bond acceptors (Lipinski definition) is 4. The quantitative estimate of drug-likeness (QED) is 0.622. The zero-order valence-electron chi connectivity index (χ0n) is 17.7. The van der Waals surface area contributed by atoms with E-state index in [2.05, 4.69) is 12.2 Å². The van der Waals surface area contributed by atoms with Gasteiger partial charge in [-0.2, -0.15) is 0 Å². The number of hydrogen-bond donors (Lipinski definition) is 1. The highest BCUT2D eigenvalue weighted by Gasteiger charge is 2.18. The second kappa shape index (κ2) is 11.1. The van der Waals surface area contributed by atoms with Gasteiger partial charge in [-0.3, -0.25) is 9.59 Å². The van der Waals surface area contributed by atoms with Crippen LogP contribution in [0.2, 0.25) is 0 Å². The first-order valence-corrected chi connectivity index (χ1v) is 9.86. The zero-order valence-corrected chi connectivity index (χ0v) is 17.7. The van der Waals surface area contributed by atoms with E-state index in [0.29, 0.717) is 19.7 Å². The van der Waals surface area contributed by atoms with Gasteiger partial charge in [0.2, 0.25) is 11.8 Å². The molecule has 6 heteroatoms. The lowest BCUT2D eigenvalue weighted by atomic mass is 10.0. The molecule has 0 unspecified atom stereocenters. The third-order valence-corrected chi connectivity index (χ3v) is 4.67. The topological polar surface area (TPSA) is 67.9 Å². The molecular formula is C23H30N2O4. The summed E-state index contributed by atoms with van der Waals surface area (Å²) in [5, 5.41) is 2.84. The highest BCUT2D eigenvalue weighted by Crippen LogP contribution is 2.26. The van der Waals surface area contributed by atoms with Crippen molar-refractivity contribution in [3.63, 3.8) is 0 Å². The molecule has 2 aromatic carbocycles. The Morgan fingerprint density at radius 3 is 2.38 bits per heavy atom. The number of benzene rings is 2. The summed E-state index contributed by atoms with van der Waals surface area (Å²) >= 11 is 0. The van der Waals surface area contributed by atoms with Gasteiger partial charge in [0.15, 0.2) is 0 Å². The first kappa shape index (κ1) is 22.3. The highest BCUT2D eigenvalue weighted by molar-refractivity contribution is 5.94. The van der Waals surface area contributed by atoms with E-state index < -0.39 is 0 Å². The first-order valence-electron chi connectivity index (χ1n) is 9.86. The average Bonchev–Trinajstić information content (AvgIpc) is 2.72. The van der Waals surface area contributed by atoms with Crippen LogP contribution in [0.15, 0.2) is 42.5 Å². The number of nitrogens with zero attached hydrogens (tertiary/aromatic N) is 1. The summed E-state index contributed by atoms with van der Waals surface area (Å²) in [5.74, 6) is 1.31. The SMILES string of the molecule is CCc1cccc(C)c1N(CCC(=O)NCCOc1ccc(OC)cc1)C(C)=O. The fourth-order valence-corrected chi connectivity index (χ4v) is 3.15. The molecule has 2 aromatic rings. The van der Waals surface area contributed by atoms with Gasteiger partial charge in [-0.15, -0.1) is 0 Å². The molecule has 0 fully saturated rings. The summed E-state index contributed by atoms with van der Waals surface area (Å²) < 4.78 is 10.7. The fraction of sp³-hybridized carbons (Fsp3) is 0.391. The number of amides is 2. The minimum atomic E-state index is -0.110. The van der Waals surface area contributed by atoms with Crippen molar-refractivity contribution >= 4 is 17.5 Å². The molecule has 0 aliphatic carbocycles. The maximum Gasteiger partial charge on any atom is 0.223 e. The molecular weight excluding hydrogens is 368 g/mol. The third-order valence-electron chi connectivity index (χ3n) is 4.67. The molecule has 0 aromatic heterocycles. The summed E-state index contributed by atoms with van der Waals surface area (Å²) in [6.07, 6.45) is 1.06. The molecule has 0 spiro atoms. The molecule has 0 aliphatic rings. The summed E-state index contributed by atoms with van der Waals surface area (Å²) in [7, 11) is 1.61. The number of carbonyl (C=O) groups excluding carboxylic acids is 2. The molecule has 0 saturated carbocycles. The zero-order chi connectivity index (χ0) is 21.2. The Morgan fingerprint density at radius 2 is 1.76 bits per heavy atom. The number of para-hydroxylation sites is 1. The van der Waals surface area contributed by atoms with Crippen molar-refractivity contribution in [2.24, 2.45) is 0 Å². The van der Waals surface area contributed by atoms with Gasteiger partial charge in [-0.05, 0) is 48.7 Å². The normalized spacial score (nSPS) is 10.3. The van der Waals surface area contributed by atoms with E-state index in [1.54, 1.807) is 12.0 Å². The van der Waals surface area contributed by atoms with Crippen LogP contribution >= 0.6 is 0 Å². The van der Waals surface area contributed by atoms with Crippen LogP contribution in [0.25, 0.3) is 0 Å². The lowest BCUT2D eigenvalue weighted by Crippen LogP contribution is -2.36. The van der Waals surface area contributed by atoms with Crippen LogP contribution in [0.1, 0.15) is 31.4 Å². The van der Waals surface area contributed by atoms with E-state index in [9.17, 15) is 9.59 Å². The van der Waals surface area contributed by atoms with Crippen molar-refractivity contribution in [2.45, 2.75) is 33.6 Å². The highest BCUT2D eigenvalue weighted by atomic mass is 16.5. The number of ether oxygens (including phenoxy) is 2. The summed E-state index contributed by atoms with van der Waals surface area (Å²) in [6.45, 7) is 6.69. The molecule has 6 nitrogen and oxygen atoms in total. The van der Waals surface area contributed by atoms with Crippen LogP contribution in [0.4, 0.5) is 5.69 Å². The molecule has 0 radical (unpaired) electrons. The van der Waals surface area contributed by atoms with Gasteiger partial charge in [-0.25, -0.2) is 0 Å². The van der Waals surface area contributed by atoms with Gasteiger partial charge < -0.3 is 19.7 Å². The lowest BCUT2D eigenvalue weighted by Gasteiger charge is -2.25. The predicted molar refractivity (Wildman–Crippen MR) is 115 cm³/mol. The Bertz CT molecular complexity index is 818. The number of nitrogens with one attached hydrogen (secondary N) is 1. The van der Waals surface area contributed by atoms with Crippen molar-refractivity contribution in [3.05, 3.63) is 53.6 Å².